The first-order chi connectivity index (χ1) is 12.5. The van der Waals surface area contributed by atoms with E-state index in [1.54, 1.807) is 0 Å². The standard InChI is InChI=1S/C20H43N5O/c1-5-21-20(23-17-19(8-15-26)16-18(2)3)22-9-6-11-25-12-7-10-24(4)13-14-25/h18-19,26H,5-17H2,1-4H3,(H2,21,22,23). The Balaban J connectivity index is 2.34. The molecule has 1 unspecified atom stereocenters. The first kappa shape index (κ1) is 23.2. The molecule has 1 rings (SSSR count). The quantitative estimate of drug-likeness (QED) is 0.293. The number of hydrogen-bond acceptors (Lipinski definition) is 4. The van der Waals surface area contributed by atoms with Crippen LogP contribution in [0.1, 0.15) is 46.5 Å². The predicted octanol–water partition coefficient (Wildman–Crippen LogP) is 1.61. The SMILES string of the molecule is CCNC(=NCC(CCO)CC(C)C)NCCCN1CCCN(C)CC1. The van der Waals surface area contributed by atoms with Gasteiger partial charge in [0.15, 0.2) is 5.96 Å². The molecule has 0 spiro atoms. The molecule has 26 heavy (non-hydrogen) atoms. The molecule has 0 radical (unpaired) electrons. The van der Waals surface area contributed by atoms with Gasteiger partial charge in [-0.3, -0.25) is 4.99 Å². The van der Waals surface area contributed by atoms with Gasteiger partial charge in [0, 0.05) is 39.3 Å². The van der Waals surface area contributed by atoms with Crippen molar-refractivity contribution in [1.82, 2.24) is 20.4 Å². The van der Waals surface area contributed by atoms with Crippen LogP contribution in [0.25, 0.3) is 0 Å². The molecule has 0 aromatic heterocycles. The molecule has 0 bridgehead atoms. The Morgan fingerprint density at radius 3 is 2.65 bits per heavy atom. The van der Waals surface area contributed by atoms with Crippen LogP contribution in [-0.2, 0) is 0 Å². The Kier molecular flexibility index (Phi) is 12.7. The lowest BCUT2D eigenvalue weighted by molar-refractivity contribution is 0.245. The van der Waals surface area contributed by atoms with Gasteiger partial charge in [-0.15, -0.1) is 0 Å². The van der Waals surface area contributed by atoms with Crippen LogP contribution in [0.15, 0.2) is 4.99 Å². The van der Waals surface area contributed by atoms with Crippen LogP contribution in [0, 0.1) is 11.8 Å². The number of aliphatic imine (C=N–C) groups is 1. The first-order valence-electron chi connectivity index (χ1n) is 10.6. The van der Waals surface area contributed by atoms with Gasteiger partial charge in [-0.1, -0.05) is 13.8 Å². The summed E-state index contributed by atoms with van der Waals surface area (Å²) < 4.78 is 0. The highest BCUT2D eigenvalue weighted by molar-refractivity contribution is 5.79. The molecule has 1 atom stereocenters. The summed E-state index contributed by atoms with van der Waals surface area (Å²) in [7, 11) is 2.22. The van der Waals surface area contributed by atoms with E-state index in [4.69, 9.17) is 4.99 Å². The minimum Gasteiger partial charge on any atom is -0.396 e. The summed E-state index contributed by atoms with van der Waals surface area (Å²) in [6, 6.07) is 0. The maximum atomic E-state index is 9.26. The van der Waals surface area contributed by atoms with Crippen LogP contribution >= 0.6 is 0 Å². The molecule has 1 aliphatic heterocycles. The summed E-state index contributed by atoms with van der Waals surface area (Å²) >= 11 is 0. The molecule has 1 heterocycles. The van der Waals surface area contributed by atoms with Crippen molar-refractivity contribution in [2.75, 3.05) is 66.0 Å². The normalized spacial score (nSPS) is 18.8. The highest BCUT2D eigenvalue weighted by atomic mass is 16.3. The zero-order valence-corrected chi connectivity index (χ0v) is 17.6. The molecule has 154 valence electrons. The van der Waals surface area contributed by atoms with Crippen molar-refractivity contribution in [3.63, 3.8) is 0 Å². The fourth-order valence-corrected chi connectivity index (χ4v) is 3.53. The van der Waals surface area contributed by atoms with Crippen molar-refractivity contribution in [2.45, 2.75) is 46.5 Å². The summed E-state index contributed by atoms with van der Waals surface area (Å²) in [5, 5.41) is 16.1. The van der Waals surface area contributed by atoms with E-state index in [1.165, 1.54) is 32.6 Å². The molecule has 6 heteroatoms. The van der Waals surface area contributed by atoms with E-state index < -0.39 is 0 Å². The lowest BCUT2D eigenvalue weighted by Gasteiger charge is -2.20. The van der Waals surface area contributed by atoms with Gasteiger partial charge in [0.25, 0.3) is 0 Å². The zero-order valence-electron chi connectivity index (χ0n) is 17.6. The molecule has 0 aliphatic carbocycles. The predicted molar refractivity (Wildman–Crippen MR) is 112 cm³/mol. The number of hydrogen-bond donors (Lipinski definition) is 3. The topological polar surface area (TPSA) is 63.1 Å². The van der Waals surface area contributed by atoms with E-state index in [2.05, 4.69) is 48.3 Å². The summed E-state index contributed by atoms with van der Waals surface area (Å²) in [6.45, 7) is 15.4. The minimum absolute atomic E-state index is 0.252. The third kappa shape index (κ3) is 11.0. The van der Waals surface area contributed by atoms with Gasteiger partial charge in [0.05, 0.1) is 0 Å². The maximum absolute atomic E-state index is 9.26. The molecule has 1 saturated heterocycles. The highest BCUT2D eigenvalue weighted by Crippen LogP contribution is 2.15. The Labute approximate surface area is 161 Å². The second-order valence-electron chi connectivity index (χ2n) is 8.01. The summed E-state index contributed by atoms with van der Waals surface area (Å²) in [5.74, 6) is 2.02. The van der Waals surface area contributed by atoms with E-state index in [9.17, 15) is 5.11 Å². The van der Waals surface area contributed by atoms with Gasteiger partial charge in [-0.05, 0) is 71.1 Å². The average Bonchev–Trinajstić information content (AvgIpc) is 2.80. The largest absolute Gasteiger partial charge is 0.396 e. The molecule has 6 nitrogen and oxygen atoms in total. The van der Waals surface area contributed by atoms with Gasteiger partial charge in [0.1, 0.15) is 0 Å². The Morgan fingerprint density at radius 2 is 1.96 bits per heavy atom. The van der Waals surface area contributed by atoms with Crippen LogP contribution in [-0.4, -0.2) is 86.9 Å². The maximum Gasteiger partial charge on any atom is 0.191 e. The van der Waals surface area contributed by atoms with Gasteiger partial charge in [-0.2, -0.15) is 0 Å². The van der Waals surface area contributed by atoms with Crippen molar-refractivity contribution >= 4 is 5.96 Å². The lowest BCUT2D eigenvalue weighted by Crippen LogP contribution is -2.39. The van der Waals surface area contributed by atoms with Crippen LogP contribution in [0.3, 0.4) is 0 Å². The van der Waals surface area contributed by atoms with E-state index in [1.807, 2.05) is 0 Å². The number of nitrogens with one attached hydrogen (secondary N) is 2. The van der Waals surface area contributed by atoms with Gasteiger partial charge < -0.3 is 25.5 Å². The number of likely N-dealkylation sites (N-methyl/N-ethyl adjacent to an activating group) is 1. The Bertz CT molecular complexity index is 375. The van der Waals surface area contributed by atoms with Gasteiger partial charge in [-0.25, -0.2) is 0 Å². The third-order valence-corrected chi connectivity index (χ3v) is 4.95. The van der Waals surface area contributed by atoms with Crippen LogP contribution < -0.4 is 10.6 Å². The van der Waals surface area contributed by atoms with Gasteiger partial charge in [0.2, 0.25) is 0 Å². The summed E-state index contributed by atoms with van der Waals surface area (Å²) in [6.07, 6.45) is 4.37. The first-order valence-corrected chi connectivity index (χ1v) is 10.6. The Morgan fingerprint density at radius 1 is 1.15 bits per heavy atom. The summed E-state index contributed by atoms with van der Waals surface area (Å²) in [5.41, 5.74) is 0. The molecule has 3 N–H and O–H groups in total. The zero-order chi connectivity index (χ0) is 19.2. The van der Waals surface area contributed by atoms with E-state index >= 15 is 0 Å². The molecule has 0 aromatic rings. The van der Waals surface area contributed by atoms with Crippen LogP contribution in [0.2, 0.25) is 0 Å². The molecule has 1 fully saturated rings. The minimum atomic E-state index is 0.252. The fourth-order valence-electron chi connectivity index (χ4n) is 3.53. The Hall–Kier alpha value is -0.850. The molecular formula is C20H43N5O. The van der Waals surface area contributed by atoms with Crippen LogP contribution in [0.5, 0.6) is 0 Å². The van der Waals surface area contributed by atoms with Crippen molar-refractivity contribution in [3.8, 4) is 0 Å². The molecule has 0 amide bonds. The second kappa shape index (κ2) is 14.2. The monoisotopic (exact) mass is 369 g/mol. The van der Waals surface area contributed by atoms with E-state index in [0.717, 1.165) is 51.4 Å². The lowest BCUT2D eigenvalue weighted by atomic mass is 9.94. The van der Waals surface area contributed by atoms with Crippen molar-refractivity contribution < 1.29 is 5.11 Å². The smallest absolute Gasteiger partial charge is 0.191 e. The molecule has 1 aliphatic rings. The molecule has 0 aromatic carbocycles. The molecular weight excluding hydrogens is 326 g/mol. The van der Waals surface area contributed by atoms with Crippen LogP contribution in [0.4, 0.5) is 0 Å². The number of rotatable bonds is 11. The average molecular weight is 370 g/mol. The second-order valence-corrected chi connectivity index (χ2v) is 8.01. The fraction of sp³-hybridized carbons (Fsp3) is 0.950. The van der Waals surface area contributed by atoms with Crippen molar-refractivity contribution in [1.29, 1.82) is 0 Å². The van der Waals surface area contributed by atoms with E-state index in [-0.39, 0.29) is 6.61 Å². The summed E-state index contributed by atoms with van der Waals surface area (Å²) in [4.78, 5) is 9.76. The van der Waals surface area contributed by atoms with Crippen molar-refractivity contribution in [2.24, 2.45) is 16.8 Å². The third-order valence-electron chi connectivity index (χ3n) is 4.95. The van der Waals surface area contributed by atoms with Gasteiger partial charge >= 0.3 is 0 Å². The number of guanidine groups is 1. The number of aliphatic hydroxyl groups excluding tert-OH is 1. The number of nitrogens with zero attached hydrogens (tertiary/aromatic N) is 3. The van der Waals surface area contributed by atoms with E-state index in [0.29, 0.717) is 11.8 Å². The molecule has 0 saturated carbocycles. The van der Waals surface area contributed by atoms with Crippen molar-refractivity contribution in [3.05, 3.63) is 0 Å². The highest BCUT2D eigenvalue weighted by Gasteiger charge is 2.12. The number of aliphatic hydroxyl groups is 1.